The molecule has 5 nitrogen and oxygen atoms in total. The number of rotatable bonds is 19. The predicted molar refractivity (Wildman–Crippen MR) is 175 cm³/mol. The SMILES string of the molecule is CC[C@H](C)[C@H](F)C(=O)Oc1ccc(OC(=O)c2ccc(CCCCCCCCCC[Si](C)(C)O[Si](C)(C)C)cc2)cc1. The van der Waals surface area contributed by atoms with E-state index in [9.17, 15) is 14.0 Å². The minimum Gasteiger partial charge on any atom is -0.456 e. The number of esters is 2. The van der Waals surface area contributed by atoms with Crippen LogP contribution in [-0.2, 0) is 15.3 Å². The molecule has 0 aliphatic heterocycles. The van der Waals surface area contributed by atoms with Crippen molar-refractivity contribution < 1.29 is 27.6 Å². The van der Waals surface area contributed by atoms with Crippen molar-refractivity contribution in [1.82, 2.24) is 0 Å². The first-order chi connectivity index (χ1) is 19.8. The van der Waals surface area contributed by atoms with Gasteiger partial charge in [-0.25, -0.2) is 14.0 Å². The Bertz CT molecular complexity index is 1080. The average Bonchev–Trinajstić information content (AvgIpc) is 2.93. The Kier molecular flexibility index (Phi) is 15.2. The van der Waals surface area contributed by atoms with Gasteiger partial charge in [0.05, 0.1) is 5.56 Å². The maximum absolute atomic E-state index is 14.0. The topological polar surface area (TPSA) is 61.8 Å². The summed E-state index contributed by atoms with van der Waals surface area (Å²) < 4.78 is 31.0. The third-order valence-corrected chi connectivity index (χ3v) is 13.6. The van der Waals surface area contributed by atoms with Crippen molar-refractivity contribution >= 4 is 28.6 Å². The molecule has 2 aromatic carbocycles. The molecule has 234 valence electrons. The molecule has 0 aromatic heterocycles. The summed E-state index contributed by atoms with van der Waals surface area (Å²) in [6, 6.07) is 14.9. The smallest absolute Gasteiger partial charge is 0.346 e. The lowest BCUT2D eigenvalue weighted by Gasteiger charge is -2.31. The summed E-state index contributed by atoms with van der Waals surface area (Å²) >= 11 is 0. The van der Waals surface area contributed by atoms with Crippen LogP contribution in [-0.4, -0.2) is 34.7 Å². The van der Waals surface area contributed by atoms with Crippen molar-refractivity contribution in [3.63, 3.8) is 0 Å². The van der Waals surface area contributed by atoms with Crippen molar-refractivity contribution in [2.75, 3.05) is 0 Å². The van der Waals surface area contributed by atoms with E-state index in [0.29, 0.717) is 17.7 Å². The first-order valence-electron chi connectivity index (χ1n) is 15.8. The summed E-state index contributed by atoms with van der Waals surface area (Å²) in [5.41, 5.74) is 1.69. The molecule has 0 N–H and O–H groups in total. The maximum atomic E-state index is 14.0. The molecule has 0 bridgehead atoms. The van der Waals surface area contributed by atoms with Gasteiger partial charge in [-0.2, -0.15) is 0 Å². The van der Waals surface area contributed by atoms with Crippen molar-refractivity contribution in [3.8, 4) is 11.5 Å². The standard InChI is InChI=1S/C34H53FO5Si2/c1-8-27(2)32(35)34(37)39-31-24-22-30(23-25-31)38-33(36)29-20-18-28(19-21-29)17-15-13-11-9-10-12-14-16-26-42(6,7)40-41(3,4)5/h18-25,27,32H,8-17,26H2,1-7H3/t27-,32-/m0/s1. The lowest BCUT2D eigenvalue weighted by atomic mass is 10.0. The van der Waals surface area contributed by atoms with Gasteiger partial charge in [-0.1, -0.05) is 77.3 Å². The molecule has 0 radical (unpaired) electrons. The van der Waals surface area contributed by atoms with E-state index in [0.717, 1.165) is 12.8 Å². The number of aryl methyl sites for hydroxylation is 1. The number of carbonyl (C=O) groups is 2. The average molecular weight is 617 g/mol. The first-order valence-corrected chi connectivity index (χ1v) is 22.3. The van der Waals surface area contributed by atoms with Gasteiger partial charge >= 0.3 is 11.9 Å². The van der Waals surface area contributed by atoms with Crippen LogP contribution in [0, 0.1) is 5.92 Å². The van der Waals surface area contributed by atoms with Gasteiger partial charge in [0.2, 0.25) is 0 Å². The fraction of sp³-hybridized carbons (Fsp3) is 0.588. The van der Waals surface area contributed by atoms with Crippen molar-refractivity contribution in [2.24, 2.45) is 5.92 Å². The molecule has 2 aromatic rings. The van der Waals surface area contributed by atoms with Gasteiger partial charge in [-0.05, 0) is 99.5 Å². The lowest BCUT2D eigenvalue weighted by Crippen LogP contribution is -2.42. The summed E-state index contributed by atoms with van der Waals surface area (Å²) in [7, 11) is -2.91. The van der Waals surface area contributed by atoms with Crippen molar-refractivity contribution in [2.45, 2.75) is 123 Å². The molecule has 0 heterocycles. The van der Waals surface area contributed by atoms with Gasteiger partial charge in [0.25, 0.3) is 0 Å². The number of hydrogen-bond donors (Lipinski definition) is 0. The van der Waals surface area contributed by atoms with Crippen LogP contribution >= 0.6 is 0 Å². The zero-order chi connectivity index (χ0) is 31.2. The quantitative estimate of drug-likeness (QED) is 0.0680. The minimum absolute atomic E-state index is 0.208. The normalized spacial score (nSPS) is 13.4. The number of carbonyl (C=O) groups excluding carboxylic acids is 2. The molecule has 0 aliphatic rings. The highest BCUT2D eigenvalue weighted by molar-refractivity contribution is 6.84. The molecule has 2 atom stereocenters. The highest BCUT2D eigenvalue weighted by Gasteiger charge is 2.29. The van der Waals surface area contributed by atoms with Crippen molar-refractivity contribution in [3.05, 3.63) is 59.7 Å². The highest BCUT2D eigenvalue weighted by Crippen LogP contribution is 2.23. The summed E-state index contributed by atoms with van der Waals surface area (Å²) in [6.07, 6.45) is 10.1. The van der Waals surface area contributed by atoms with Crippen LogP contribution in [0.1, 0.15) is 87.6 Å². The maximum Gasteiger partial charge on any atom is 0.346 e. The van der Waals surface area contributed by atoms with E-state index in [1.807, 2.05) is 19.1 Å². The van der Waals surface area contributed by atoms with Crippen LogP contribution in [0.2, 0.25) is 38.8 Å². The molecule has 0 spiro atoms. The van der Waals surface area contributed by atoms with Gasteiger partial charge in [0.15, 0.2) is 22.8 Å². The molecule has 8 heteroatoms. The van der Waals surface area contributed by atoms with E-state index in [2.05, 4.69) is 32.7 Å². The molecule has 42 heavy (non-hydrogen) atoms. The van der Waals surface area contributed by atoms with E-state index in [1.165, 1.54) is 80.8 Å². The van der Waals surface area contributed by atoms with Crippen LogP contribution in [0.5, 0.6) is 11.5 Å². The molecular weight excluding hydrogens is 564 g/mol. The van der Waals surface area contributed by atoms with Gasteiger partial charge in [-0.3, -0.25) is 0 Å². The van der Waals surface area contributed by atoms with E-state index >= 15 is 0 Å². The summed E-state index contributed by atoms with van der Waals surface area (Å²) in [5, 5.41) is 0. The number of hydrogen-bond acceptors (Lipinski definition) is 5. The second kappa shape index (κ2) is 17.7. The van der Waals surface area contributed by atoms with Crippen LogP contribution in [0.4, 0.5) is 4.39 Å². The monoisotopic (exact) mass is 616 g/mol. The molecule has 0 fully saturated rings. The Labute approximate surface area is 255 Å². The van der Waals surface area contributed by atoms with E-state index in [1.54, 1.807) is 19.1 Å². The van der Waals surface area contributed by atoms with Crippen LogP contribution in [0.25, 0.3) is 0 Å². The molecule has 2 rings (SSSR count). The summed E-state index contributed by atoms with van der Waals surface area (Å²) in [6.45, 7) is 15.1. The zero-order valence-electron chi connectivity index (χ0n) is 27.0. The molecule has 0 saturated carbocycles. The number of halogens is 1. The van der Waals surface area contributed by atoms with Crippen molar-refractivity contribution in [1.29, 1.82) is 0 Å². The highest BCUT2D eigenvalue weighted by atomic mass is 28.4. The van der Waals surface area contributed by atoms with E-state index < -0.39 is 40.7 Å². The van der Waals surface area contributed by atoms with Crippen LogP contribution in [0.3, 0.4) is 0 Å². The molecule has 0 aliphatic carbocycles. The van der Waals surface area contributed by atoms with Crippen LogP contribution < -0.4 is 9.47 Å². The molecule has 0 unspecified atom stereocenters. The van der Waals surface area contributed by atoms with Crippen LogP contribution in [0.15, 0.2) is 48.5 Å². The number of benzene rings is 2. The third-order valence-electron chi connectivity index (χ3n) is 7.39. The number of ether oxygens (including phenoxy) is 2. The second-order valence-corrected chi connectivity index (χ2v) is 22.1. The van der Waals surface area contributed by atoms with E-state index in [-0.39, 0.29) is 5.75 Å². The Hall–Kier alpha value is -2.30. The van der Waals surface area contributed by atoms with Gasteiger partial charge in [0, 0.05) is 0 Å². The molecular formula is C34H53FO5Si2. The fourth-order valence-electron chi connectivity index (χ4n) is 4.98. The lowest BCUT2D eigenvalue weighted by molar-refractivity contribution is -0.141. The molecule has 0 amide bonds. The van der Waals surface area contributed by atoms with E-state index in [4.69, 9.17) is 13.6 Å². The number of unbranched alkanes of at least 4 members (excludes halogenated alkanes) is 7. The summed E-state index contributed by atoms with van der Waals surface area (Å²) in [5.74, 6) is -1.25. The van der Waals surface area contributed by atoms with Gasteiger partial charge in [0.1, 0.15) is 11.5 Å². The minimum atomic E-state index is -1.67. The predicted octanol–water partition coefficient (Wildman–Crippen LogP) is 9.92. The largest absolute Gasteiger partial charge is 0.456 e. The fourth-order valence-corrected chi connectivity index (χ4v) is 13.1. The first kappa shape index (κ1) is 35.9. The Morgan fingerprint density at radius 2 is 1.24 bits per heavy atom. The Morgan fingerprint density at radius 3 is 1.76 bits per heavy atom. The zero-order valence-corrected chi connectivity index (χ0v) is 29.0. The second-order valence-electron chi connectivity index (χ2n) is 13.1. The Balaban J connectivity index is 1.61. The van der Waals surface area contributed by atoms with Gasteiger partial charge in [-0.15, -0.1) is 0 Å². The summed E-state index contributed by atoms with van der Waals surface area (Å²) in [4.78, 5) is 24.5. The van der Waals surface area contributed by atoms with Gasteiger partial charge < -0.3 is 13.6 Å². The Morgan fingerprint density at radius 1 is 0.738 bits per heavy atom. The third kappa shape index (κ3) is 14.2. The number of alkyl halides is 1. The molecule has 0 saturated heterocycles.